The van der Waals surface area contributed by atoms with Gasteiger partial charge in [-0.25, -0.2) is 18.1 Å². The maximum absolute atomic E-state index is 11.9. The fourth-order valence-electron chi connectivity index (χ4n) is 1.17. The van der Waals surface area contributed by atoms with Gasteiger partial charge in [-0.1, -0.05) is 0 Å². The van der Waals surface area contributed by atoms with Crippen molar-refractivity contribution in [3.8, 4) is 0 Å². The smallest absolute Gasteiger partial charge is 0.250 e. The van der Waals surface area contributed by atoms with E-state index in [0.717, 1.165) is 15.1 Å². The van der Waals surface area contributed by atoms with Gasteiger partial charge in [0.15, 0.2) is 6.39 Å². The normalized spacial score (nSPS) is 11.9. The molecule has 0 saturated carbocycles. The Hall–Kier alpha value is -0.700. The van der Waals surface area contributed by atoms with Crippen LogP contribution < -0.4 is 4.72 Å². The maximum atomic E-state index is 11.9. The molecule has 2 aromatic rings. The van der Waals surface area contributed by atoms with Gasteiger partial charge >= 0.3 is 0 Å². The molecule has 17 heavy (non-hydrogen) atoms. The summed E-state index contributed by atoms with van der Waals surface area (Å²) in [6, 6.07) is 3.24. The molecule has 2 rings (SSSR count). The summed E-state index contributed by atoms with van der Waals surface area (Å²) in [6.45, 7) is 1.86. The van der Waals surface area contributed by atoms with E-state index in [9.17, 15) is 8.42 Å². The molecule has 0 unspecified atom stereocenters. The number of sulfonamides is 1. The molecular formula is C9H9BrN2O3S2. The fourth-order valence-corrected chi connectivity index (χ4v) is 4.21. The molecule has 2 heterocycles. The lowest BCUT2D eigenvalue weighted by Gasteiger charge is -2.02. The third-order valence-corrected chi connectivity index (χ3v) is 5.60. The lowest BCUT2D eigenvalue weighted by molar-refractivity contribution is 0.492. The Morgan fingerprint density at radius 1 is 1.53 bits per heavy atom. The molecule has 0 bridgehead atoms. The number of aromatic nitrogens is 1. The van der Waals surface area contributed by atoms with Crippen molar-refractivity contribution in [2.24, 2.45) is 0 Å². The van der Waals surface area contributed by atoms with Crippen molar-refractivity contribution < 1.29 is 12.8 Å². The number of nitrogens with one attached hydrogen (secondary N) is 1. The molecule has 0 aliphatic heterocycles. The van der Waals surface area contributed by atoms with Crippen LogP contribution in [0.15, 0.2) is 30.9 Å². The Morgan fingerprint density at radius 2 is 2.29 bits per heavy atom. The first-order valence-electron chi connectivity index (χ1n) is 4.63. The lowest BCUT2D eigenvalue weighted by Crippen LogP contribution is -2.22. The highest BCUT2D eigenvalue weighted by Gasteiger charge is 2.17. The largest absolute Gasteiger partial charge is 0.447 e. The molecule has 0 aromatic carbocycles. The van der Waals surface area contributed by atoms with E-state index in [1.54, 1.807) is 19.1 Å². The number of nitrogens with zero attached hydrogens (tertiary/aromatic N) is 1. The SMILES string of the molecule is Cc1ncoc1CNS(=O)(=O)c1ccc(Br)s1. The molecule has 0 radical (unpaired) electrons. The van der Waals surface area contributed by atoms with Gasteiger partial charge in [-0.15, -0.1) is 11.3 Å². The Balaban J connectivity index is 2.11. The van der Waals surface area contributed by atoms with E-state index in [1.165, 1.54) is 6.39 Å². The number of halogens is 1. The van der Waals surface area contributed by atoms with Crippen molar-refractivity contribution in [3.63, 3.8) is 0 Å². The number of hydrogen-bond acceptors (Lipinski definition) is 5. The van der Waals surface area contributed by atoms with Gasteiger partial charge < -0.3 is 4.42 Å². The number of rotatable bonds is 4. The zero-order valence-electron chi connectivity index (χ0n) is 8.81. The molecule has 0 spiro atoms. The van der Waals surface area contributed by atoms with Gasteiger partial charge in [0, 0.05) is 0 Å². The molecule has 0 amide bonds. The summed E-state index contributed by atoms with van der Waals surface area (Å²) in [4.78, 5) is 3.89. The topological polar surface area (TPSA) is 72.2 Å². The average molecular weight is 337 g/mol. The molecule has 0 aliphatic carbocycles. The van der Waals surface area contributed by atoms with E-state index in [-0.39, 0.29) is 10.8 Å². The molecule has 8 heteroatoms. The molecule has 1 N–H and O–H groups in total. The third-order valence-electron chi connectivity index (χ3n) is 2.08. The second-order valence-electron chi connectivity index (χ2n) is 3.24. The minimum atomic E-state index is -3.48. The van der Waals surface area contributed by atoms with Crippen molar-refractivity contribution in [1.29, 1.82) is 0 Å². The first kappa shape index (κ1) is 12.7. The number of thiophene rings is 1. The van der Waals surface area contributed by atoms with Crippen LogP contribution in [0.1, 0.15) is 11.5 Å². The molecule has 2 aromatic heterocycles. The summed E-state index contributed by atoms with van der Waals surface area (Å²) < 4.78 is 32.3. The van der Waals surface area contributed by atoms with Crippen LogP contribution in [-0.4, -0.2) is 13.4 Å². The number of aryl methyl sites for hydroxylation is 1. The molecule has 5 nitrogen and oxygen atoms in total. The predicted octanol–water partition coefficient (Wildman–Crippen LogP) is 2.29. The van der Waals surface area contributed by atoms with Gasteiger partial charge in [0.2, 0.25) is 10.0 Å². The standard InChI is InChI=1S/C9H9BrN2O3S2/c1-6-7(15-5-11-6)4-12-17(13,14)9-3-2-8(10)16-9/h2-3,5,12H,4H2,1H3. The van der Waals surface area contributed by atoms with Crippen LogP contribution in [0.4, 0.5) is 0 Å². The van der Waals surface area contributed by atoms with Gasteiger partial charge in [-0.2, -0.15) is 0 Å². The number of oxazole rings is 1. The van der Waals surface area contributed by atoms with E-state index >= 15 is 0 Å². The molecule has 0 aliphatic rings. The highest BCUT2D eigenvalue weighted by molar-refractivity contribution is 9.11. The summed E-state index contributed by atoms with van der Waals surface area (Å²) >= 11 is 4.38. The number of hydrogen-bond donors (Lipinski definition) is 1. The van der Waals surface area contributed by atoms with Crippen LogP contribution in [0.2, 0.25) is 0 Å². The predicted molar refractivity (Wildman–Crippen MR) is 67.3 cm³/mol. The Labute approximate surface area is 111 Å². The second kappa shape index (κ2) is 4.89. The first-order chi connectivity index (χ1) is 7.99. The second-order valence-corrected chi connectivity index (χ2v) is 7.70. The van der Waals surface area contributed by atoms with Crippen molar-refractivity contribution in [1.82, 2.24) is 9.71 Å². The third kappa shape index (κ3) is 2.95. The van der Waals surface area contributed by atoms with E-state index in [1.807, 2.05) is 0 Å². The van der Waals surface area contributed by atoms with Gasteiger partial charge in [0.25, 0.3) is 0 Å². The highest BCUT2D eigenvalue weighted by Crippen LogP contribution is 2.25. The zero-order chi connectivity index (χ0) is 12.5. The van der Waals surface area contributed by atoms with Gasteiger partial charge in [0.05, 0.1) is 16.0 Å². The molecule has 92 valence electrons. The van der Waals surface area contributed by atoms with Crippen molar-refractivity contribution in [2.45, 2.75) is 17.7 Å². The van der Waals surface area contributed by atoms with Gasteiger partial charge in [-0.3, -0.25) is 0 Å². The summed E-state index contributed by atoms with van der Waals surface area (Å²) in [5.74, 6) is 0.518. The van der Waals surface area contributed by atoms with E-state index in [2.05, 4.69) is 25.6 Å². The first-order valence-corrected chi connectivity index (χ1v) is 7.72. The van der Waals surface area contributed by atoms with E-state index in [0.29, 0.717) is 11.5 Å². The Kier molecular flexibility index (Phi) is 3.67. The average Bonchev–Trinajstić information content (AvgIpc) is 2.85. The Morgan fingerprint density at radius 3 is 2.82 bits per heavy atom. The minimum Gasteiger partial charge on any atom is -0.447 e. The van der Waals surface area contributed by atoms with Gasteiger partial charge in [0.1, 0.15) is 9.97 Å². The summed E-state index contributed by atoms with van der Waals surface area (Å²) in [5, 5.41) is 0. The molecule has 0 saturated heterocycles. The molecule has 0 atom stereocenters. The molecular weight excluding hydrogens is 328 g/mol. The van der Waals surface area contributed by atoms with E-state index in [4.69, 9.17) is 4.42 Å². The van der Waals surface area contributed by atoms with Crippen LogP contribution in [0.25, 0.3) is 0 Å². The van der Waals surface area contributed by atoms with Crippen LogP contribution in [0.5, 0.6) is 0 Å². The fraction of sp³-hybridized carbons (Fsp3) is 0.222. The van der Waals surface area contributed by atoms with Crippen LogP contribution >= 0.6 is 27.3 Å². The summed E-state index contributed by atoms with van der Waals surface area (Å²) in [7, 11) is -3.48. The van der Waals surface area contributed by atoms with Crippen molar-refractivity contribution in [2.75, 3.05) is 0 Å². The monoisotopic (exact) mass is 336 g/mol. The van der Waals surface area contributed by atoms with Crippen LogP contribution in [-0.2, 0) is 16.6 Å². The van der Waals surface area contributed by atoms with Gasteiger partial charge in [-0.05, 0) is 35.0 Å². The molecule has 0 fully saturated rings. The summed E-state index contributed by atoms with van der Waals surface area (Å²) in [5.41, 5.74) is 0.681. The lowest BCUT2D eigenvalue weighted by atomic mass is 10.4. The van der Waals surface area contributed by atoms with Crippen LogP contribution in [0.3, 0.4) is 0 Å². The summed E-state index contributed by atoms with van der Waals surface area (Å²) in [6.07, 6.45) is 1.29. The maximum Gasteiger partial charge on any atom is 0.250 e. The minimum absolute atomic E-state index is 0.101. The highest BCUT2D eigenvalue weighted by atomic mass is 79.9. The van der Waals surface area contributed by atoms with Crippen LogP contribution in [0, 0.1) is 6.92 Å². The van der Waals surface area contributed by atoms with E-state index < -0.39 is 10.0 Å². The van der Waals surface area contributed by atoms with Crippen molar-refractivity contribution >= 4 is 37.3 Å². The quantitative estimate of drug-likeness (QED) is 0.929. The Bertz CT molecular complexity index is 618. The van der Waals surface area contributed by atoms with Crippen molar-refractivity contribution in [3.05, 3.63) is 33.8 Å². The zero-order valence-corrected chi connectivity index (χ0v) is 12.0.